The van der Waals surface area contributed by atoms with Crippen molar-refractivity contribution >= 4 is 22.2 Å². The van der Waals surface area contributed by atoms with Gasteiger partial charge in [0, 0.05) is 0 Å². The number of carbonyl (C=O) groups is 2. The summed E-state index contributed by atoms with van der Waals surface area (Å²) in [6.45, 7) is 4.40. The van der Waals surface area contributed by atoms with Crippen molar-refractivity contribution in [3.8, 4) is 0 Å². The molecule has 1 aromatic rings. The number of hydrogen-bond donors (Lipinski definition) is 2. The number of rotatable bonds is 7. The molecule has 1 rings (SSSR count). The first-order valence-corrected chi connectivity index (χ1v) is 9.39. The Bertz CT molecular complexity index is 660. The molecule has 0 radical (unpaired) electrons. The van der Waals surface area contributed by atoms with E-state index in [-0.39, 0.29) is 11.4 Å². The lowest BCUT2D eigenvalue weighted by Gasteiger charge is -2.12. The Labute approximate surface area is 153 Å². The van der Waals surface area contributed by atoms with E-state index in [0.717, 1.165) is 18.4 Å². The summed E-state index contributed by atoms with van der Waals surface area (Å²) >= 11 is 0. The number of amides is 1. The third-order valence-electron chi connectivity index (χ3n) is 3.11. The van der Waals surface area contributed by atoms with Gasteiger partial charge in [-0.1, -0.05) is 31.0 Å². The van der Waals surface area contributed by atoms with E-state index >= 15 is 0 Å². The number of nitrogens with one attached hydrogen (secondary N) is 1. The van der Waals surface area contributed by atoms with Crippen molar-refractivity contribution < 1.29 is 37.8 Å². The van der Waals surface area contributed by atoms with Crippen molar-refractivity contribution in [3.05, 3.63) is 29.8 Å². The highest BCUT2D eigenvalue weighted by Crippen LogP contribution is 2.08. The summed E-state index contributed by atoms with van der Waals surface area (Å²) in [5.74, 6) is -0.516. The Balaban J connectivity index is 0.000000502. The van der Waals surface area contributed by atoms with Crippen LogP contribution in [-0.4, -0.2) is 51.3 Å². The predicted octanol–water partition coefficient (Wildman–Crippen LogP) is 0.195. The second-order valence-electron chi connectivity index (χ2n) is 5.27. The number of methoxy groups -OCH3 is 1. The van der Waals surface area contributed by atoms with E-state index in [9.17, 15) is 22.6 Å². The zero-order valence-corrected chi connectivity index (χ0v) is 16.0. The van der Waals surface area contributed by atoms with Crippen molar-refractivity contribution in [3.63, 3.8) is 0 Å². The van der Waals surface area contributed by atoms with Crippen LogP contribution in [0.4, 0.5) is 4.79 Å². The summed E-state index contributed by atoms with van der Waals surface area (Å²) in [5, 5.41) is 2.38. The molecule has 148 valence electrons. The fraction of sp³-hybridized carbons (Fsp3) is 0.500. The van der Waals surface area contributed by atoms with Crippen LogP contribution in [0.5, 0.6) is 0 Å². The van der Waals surface area contributed by atoms with Crippen LogP contribution in [0.25, 0.3) is 0 Å². The monoisotopic (exact) mass is 390 g/mol. The highest BCUT2D eigenvalue weighted by atomic mass is 32.2. The van der Waals surface area contributed by atoms with Crippen LogP contribution < -0.4 is 11.1 Å². The van der Waals surface area contributed by atoms with Crippen molar-refractivity contribution in [2.75, 3.05) is 20.3 Å². The maximum absolute atomic E-state index is 11.1. The highest BCUT2D eigenvalue weighted by molar-refractivity contribution is 7.85. The molecule has 10 heteroatoms. The first-order valence-electron chi connectivity index (χ1n) is 7.98. The average Bonchev–Trinajstić information content (AvgIpc) is 2.59. The van der Waals surface area contributed by atoms with Gasteiger partial charge in [0.25, 0.3) is 0 Å². The summed E-state index contributed by atoms with van der Waals surface area (Å²) in [5.41, 5.74) is 4.46. The lowest BCUT2D eigenvalue weighted by molar-refractivity contribution is -0.370. The minimum atomic E-state index is -4.27. The molecule has 0 aromatic heterocycles. The fourth-order valence-electron chi connectivity index (χ4n) is 1.59. The smallest absolute Gasteiger partial charge is 0.408 e. The maximum atomic E-state index is 11.1. The third kappa shape index (κ3) is 9.97. The van der Waals surface area contributed by atoms with E-state index in [1.54, 1.807) is 12.1 Å². The van der Waals surface area contributed by atoms with Gasteiger partial charge in [0.2, 0.25) is 0 Å². The standard InChI is InChI=1S/C9H18N2O4.C7H8O3S/c1-3-4-5-15-9(13)11-7(6-10)8(12)14-2;1-6-2-4-7(5-3-6)11(8,9)10/h7H,3-6,10H2,1-2H3,(H,11,13);2-5H,1H3,(H,8,9,10)/t7-;/m0./s1. The van der Waals surface area contributed by atoms with Crippen LogP contribution in [0.15, 0.2) is 29.2 Å². The second-order valence-corrected chi connectivity index (χ2v) is 6.65. The SMILES string of the molecule is CCCCOC(=O)N[C@@H](C[NH3+])C(=O)OC.Cc1ccc(S(=O)(=O)[O-])cc1. The van der Waals surface area contributed by atoms with Gasteiger partial charge in [0.05, 0.1) is 18.6 Å². The number of aryl methyl sites for hydroxylation is 1. The topological polar surface area (TPSA) is 149 Å². The van der Waals surface area contributed by atoms with Crippen molar-refractivity contribution in [2.24, 2.45) is 0 Å². The van der Waals surface area contributed by atoms with E-state index in [1.165, 1.54) is 19.2 Å². The Morgan fingerprint density at radius 1 is 1.27 bits per heavy atom. The lowest BCUT2D eigenvalue weighted by atomic mass is 10.2. The zero-order chi connectivity index (χ0) is 20.2. The molecule has 0 saturated heterocycles. The summed E-state index contributed by atoms with van der Waals surface area (Å²) < 4.78 is 40.5. The van der Waals surface area contributed by atoms with E-state index in [4.69, 9.17) is 4.74 Å². The first kappa shape index (κ1) is 23.8. The van der Waals surface area contributed by atoms with E-state index < -0.39 is 28.2 Å². The molecule has 1 atom stereocenters. The van der Waals surface area contributed by atoms with Gasteiger partial charge in [0.15, 0.2) is 6.04 Å². The highest BCUT2D eigenvalue weighted by Gasteiger charge is 2.22. The van der Waals surface area contributed by atoms with Gasteiger partial charge in [-0.25, -0.2) is 18.0 Å². The summed E-state index contributed by atoms with van der Waals surface area (Å²) in [6, 6.07) is 5.05. The molecule has 0 bridgehead atoms. The van der Waals surface area contributed by atoms with Gasteiger partial charge < -0.3 is 25.1 Å². The minimum Gasteiger partial charge on any atom is -0.744 e. The van der Waals surface area contributed by atoms with Crippen molar-refractivity contribution in [1.29, 1.82) is 0 Å². The number of ether oxygens (including phenoxy) is 2. The zero-order valence-electron chi connectivity index (χ0n) is 15.2. The molecule has 0 aliphatic rings. The normalized spacial score (nSPS) is 11.6. The van der Waals surface area contributed by atoms with Crippen molar-refractivity contribution in [2.45, 2.75) is 37.6 Å². The number of alkyl carbamates (subject to hydrolysis) is 1. The number of benzene rings is 1. The van der Waals surface area contributed by atoms with Crippen LogP contribution in [0.2, 0.25) is 0 Å². The van der Waals surface area contributed by atoms with E-state index in [2.05, 4.69) is 15.8 Å². The Hall–Kier alpha value is -2.17. The van der Waals surface area contributed by atoms with Gasteiger partial charge in [-0.05, 0) is 25.5 Å². The van der Waals surface area contributed by atoms with Gasteiger partial charge >= 0.3 is 12.1 Å². The molecule has 1 amide bonds. The predicted molar refractivity (Wildman–Crippen MR) is 92.1 cm³/mol. The molecular weight excluding hydrogens is 364 g/mol. The number of unbranched alkanes of at least 4 members (excludes halogenated alkanes) is 1. The molecule has 0 aliphatic carbocycles. The van der Waals surface area contributed by atoms with Crippen LogP contribution in [0.3, 0.4) is 0 Å². The summed E-state index contributed by atoms with van der Waals surface area (Å²) in [7, 11) is -3.01. The van der Waals surface area contributed by atoms with Gasteiger partial charge in [-0.2, -0.15) is 0 Å². The maximum Gasteiger partial charge on any atom is 0.408 e. The molecule has 9 nitrogen and oxygen atoms in total. The molecule has 4 N–H and O–H groups in total. The molecule has 0 saturated carbocycles. The fourth-order valence-corrected chi connectivity index (χ4v) is 2.06. The number of hydrogen-bond acceptors (Lipinski definition) is 7. The van der Waals surface area contributed by atoms with Crippen molar-refractivity contribution in [1.82, 2.24) is 5.32 Å². The van der Waals surface area contributed by atoms with E-state index in [0.29, 0.717) is 6.61 Å². The molecule has 0 unspecified atom stereocenters. The van der Waals surface area contributed by atoms with Crippen LogP contribution in [0, 0.1) is 6.92 Å². The number of carbonyl (C=O) groups excluding carboxylic acids is 2. The average molecular weight is 390 g/mol. The Morgan fingerprint density at radius 2 is 1.85 bits per heavy atom. The van der Waals surface area contributed by atoms with Gasteiger partial charge in [-0.3, -0.25) is 0 Å². The van der Waals surface area contributed by atoms with Crippen LogP contribution >= 0.6 is 0 Å². The molecule has 0 fully saturated rings. The number of quaternary nitrogens is 1. The third-order valence-corrected chi connectivity index (χ3v) is 3.96. The second kappa shape index (κ2) is 12.2. The van der Waals surface area contributed by atoms with Crippen LogP contribution in [0.1, 0.15) is 25.3 Å². The van der Waals surface area contributed by atoms with E-state index in [1.807, 2.05) is 13.8 Å². The Morgan fingerprint density at radius 3 is 2.27 bits per heavy atom. The summed E-state index contributed by atoms with van der Waals surface area (Å²) in [6.07, 6.45) is 1.14. The quantitative estimate of drug-likeness (QED) is 0.383. The molecular formula is C16H26N2O7S. The lowest BCUT2D eigenvalue weighted by Crippen LogP contribution is -2.62. The largest absolute Gasteiger partial charge is 0.744 e. The minimum absolute atomic E-state index is 0.178. The number of esters is 1. The molecule has 1 aromatic carbocycles. The van der Waals surface area contributed by atoms with Crippen LogP contribution in [-0.2, 0) is 24.4 Å². The molecule has 0 aliphatic heterocycles. The van der Waals surface area contributed by atoms with Gasteiger partial charge in [0.1, 0.15) is 16.7 Å². The van der Waals surface area contributed by atoms with Gasteiger partial charge in [-0.15, -0.1) is 0 Å². The summed E-state index contributed by atoms with van der Waals surface area (Å²) in [4.78, 5) is 22.0. The molecule has 26 heavy (non-hydrogen) atoms. The molecule has 0 spiro atoms. The molecule has 0 heterocycles. The Kier molecular flexibility index (Phi) is 11.2. The first-order chi connectivity index (χ1) is 12.1.